The molecule has 99 heavy (non-hydrogen) atoms. The Morgan fingerprint density at radius 1 is 0.485 bits per heavy atom. The monoisotopic (exact) mass is 1400 g/mol. The summed E-state index contributed by atoms with van der Waals surface area (Å²) in [7, 11) is 13.5. The Hall–Kier alpha value is -6.74. The summed E-state index contributed by atoms with van der Waals surface area (Å²) in [5.74, 6) is -8.96. The van der Waals surface area contributed by atoms with Crippen molar-refractivity contribution in [2.24, 2.45) is 41.4 Å². The van der Waals surface area contributed by atoms with Gasteiger partial charge in [-0.3, -0.25) is 52.7 Å². The van der Waals surface area contributed by atoms with Gasteiger partial charge in [0, 0.05) is 69.3 Å². The molecule has 0 aliphatic rings. The normalized spacial score (nSPS) is 15.8. The Labute approximate surface area is 593 Å². The molecule has 0 aliphatic carbocycles. The predicted octanol–water partition coefficient (Wildman–Crippen LogP) is 4.49. The fourth-order valence-electron chi connectivity index (χ4n) is 11.6. The smallest absolute Gasteiger partial charge is 0.328 e. The van der Waals surface area contributed by atoms with Crippen molar-refractivity contribution >= 4 is 70.9 Å². The Balaban J connectivity index is 6.97. The van der Waals surface area contributed by atoms with Crippen molar-refractivity contribution in [1.29, 1.82) is 0 Å². The predicted molar refractivity (Wildman–Crippen MR) is 384 cm³/mol. The molecule has 27 nitrogen and oxygen atoms in total. The van der Waals surface area contributed by atoms with E-state index in [1.54, 1.807) is 55.6 Å². The van der Waals surface area contributed by atoms with Crippen molar-refractivity contribution in [1.82, 2.24) is 60.9 Å². The Morgan fingerprint density at radius 3 is 1.39 bits per heavy atom. The molecule has 11 amide bonds. The van der Waals surface area contributed by atoms with E-state index in [1.807, 2.05) is 88.3 Å². The highest BCUT2D eigenvalue weighted by Crippen LogP contribution is 2.26. The largest absolute Gasteiger partial charge is 0.462 e. The molecule has 0 saturated heterocycles. The van der Waals surface area contributed by atoms with Crippen LogP contribution in [0, 0.1) is 41.4 Å². The molecule has 13 atom stereocenters. The highest BCUT2D eigenvalue weighted by Gasteiger charge is 2.45. The molecule has 0 aromatic heterocycles. The van der Waals surface area contributed by atoms with Crippen LogP contribution in [0.25, 0.3) is 0 Å². The minimum Gasteiger partial charge on any atom is -0.462 e. The van der Waals surface area contributed by atoms with Crippen molar-refractivity contribution in [2.45, 2.75) is 249 Å². The van der Waals surface area contributed by atoms with E-state index in [4.69, 9.17) is 14.2 Å². The van der Waals surface area contributed by atoms with E-state index in [-0.39, 0.29) is 88.0 Å². The van der Waals surface area contributed by atoms with Crippen LogP contribution in [0.4, 0.5) is 0 Å². The van der Waals surface area contributed by atoms with Crippen LogP contribution in [0.1, 0.15) is 177 Å². The van der Waals surface area contributed by atoms with Gasteiger partial charge in [-0.1, -0.05) is 102 Å². The van der Waals surface area contributed by atoms with Crippen molar-refractivity contribution in [2.75, 3.05) is 89.9 Å². The summed E-state index contributed by atoms with van der Waals surface area (Å²) >= 11 is 0. The molecule has 0 aromatic carbocycles. The molecular formula is C72H132N12O15. The Morgan fingerprint density at radius 2 is 0.939 bits per heavy atom. The third-order valence-corrected chi connectivity index (χ3v) is 17.8. The minimum absolute atomic E-state index is 0.0298. The first kappa shape index (κ1) is 92.3. The summed E-state index contributed by atoms with van der Waals surface area (Å²) in [6, 6.07) is -12.3. The number of hydrogen-bond donors (Lipinski definition) is 5. The van der Waals surface area contributed by atoms with Crippen LogP contribution < -0.4 is 26.6 Å². The van der Waals surface area contributed by atoms with Crippen LogP contribution in [-0.2, 0) is 71.7 Å². The molecule has 0 heterocycles. The molecule has 0 saturated carbocycles. The van der Waals surface area contributed by atoms with Gasteiger partial charge in [-0.05, 0) is 123 Å². The second-order valence-corrected chi connectivity index (χ2v) is 29.9. The van der Waals surface area contributed by atoms with Gasteiger partial charge in [0.15, 0.2) is 0 Å². The van der Waals surface area contributed by atoms with Gasteiger partial charge < -0.3 is 75.1 Å². The number of allylic oxidation sites excluding steroid dienone is 2. The zero-order valence-corrected chi connectivity index (χ0v) is 65.9. The lowest BCUT2D eigenvalue weighted by molar-refractivity contribution is -0.156. The lowest BCUT2D eigenvalue weighted by Gasteiger charge is -2.41. The molecule has 0 rings (SSSR count). The van der Waals surface area contributed by atoms with E-state index < -0.39 is 155 Å². The molecule has 27 heteroatoms. The van der Waals surface area contributed by atoms with Crippen LogP contribution >= 0.6 is 0 Å². The van der Waals surface area contributed by atoms with E-state index in [0.29, 0.717) is 6.42 Å². The maximum Gasteiger partial charge on any atom is 0.328 e. The zero-order chi connectivity index (χ0) is 77.0. The highest BCUT2D eigenvalue weighted by atomic mass is 16.5. The highest BCUT2D eigenvalue weighted by molar-refractivity contribution is 5.99. The molecule has 0 fully saturated rings. The first-order valence-electron chi connectivity index (χ1n) is 35.3. The standard InChI is InChI=1S/C72H132N12O15/c1-30-32-33-47(13)39-55(63(88)76-52(31-2)71(96)98-35-34-78(22)51(17)85)80(24)70(95)59(46(11)12)83(27)68(93)57(38-44(7)8)82(26)67(92)56(37-43(5)6)81(25)65(90)50(16)75-61(86)49(15)74-62(87)54(36-42(3)4)79(23)69(94)58(45(9)10)77-64(89)60(48(14)40-97-29)84(28)66(91)53(73-21)41-99-72(18,19)20/h30,32,42-50,52-60,73H,31,33-41H2,1-29H3,(H,74,87)(H,75,86)(H,76,88)(H,77,89). The van der Waals surface area contributed by atoms with Crippen molar-refractivity contribution < 1.29 is 71.7 Å². The average Bonchev–Trinajstić information content (AvgIpc) is 0.810. The molecule has 5 N–H and O–H groups in total. The van der Waals surface area contributed by atoms with Gasteiger partial charge in [0.2, 0.25) is 65.0 Å². The number of nitrogens with zero attached hydrogens (tertiary/aromatic N) is 7. The van der Waals surface area contributed by atoms with Gasteiger partial charge in [-0.25, -0.2) is 4.79 Å². The van der Waals surface area contributed by atoms with Crippen LogP contribution in [0.3, 0.4) is 0 Å². The number of nitrogens with one attached hydrogen (secondary N) is 5. The molecule has 0 aromatic rings. The molecular weight excluding hydrogens is 1270 g/mol. The number of amides is 11. The van der Waals surface area contributed by atoms with E-state index >= 15 is 14.4 Å². The number of carbonyl (C=O) groups is 12. The number of hydrogen-bond acceptors (Lipinski definition) is 16. The summed E-state index contributed by atoms with van der Waals surface area (Å²) < 4.78 is 16.8. The van der Waals surface area contributed by atoms with E-state index in [2.05, 4.69) is 26.6 Å². The Kier molecular flexibility index (Phi) is 40.8. The number of ether oxygens (including phenoxy) is 3. The average molecular weight is 1410 g/mol. The molecule has 0 bridgehead atoms. The number of esters is 1. The summed E-state index contributed by atoms with van der Waals surface area (Å²) in [5, 5.41) is 14.1. The quantitative estimate of drug-likeness (QED) is 0.0415. The van der Waals surface area contributed by atoms with Gasteiger partial charge in [0.1, 0.15) is 73.1 Å². The van der Waals surface area contributed by atoms with E-state index in [0.717, 1.165) is 0 Å². The second-order valence-electron chi connectivity index (χ2n) is 29.9. The van der Waals surface area contributed by atoms with Gasteiger partial charge >= 0.3 is 5.97 Å². The first-order chi connectivity index (χ1) is 45.7. The molecule has 0 radical (unpaired) electrons. The fraction of sp³-hybridized carbons (Fsp3) is 0.806. The number of methoxy groups -OCH3 is 1. The van der Waals surface area contributed by atoms with Crippen LogP contribution in [0.15, 0.2) is 12.2 Å². The SMILES string of the molecule is CC=CCC(C)CC(C(=O)NC(CC)C(=O)OCCN(C)C(C)=O)N(C)C(=O)C(C(C)C)N(C)C(=O)C(CC(C)C)N(C)C(=O)C(CC(C)C)N(C)C(=O)C(C)NC(=O)C(C)NC(=O)C(CC(C)C)N(C)C(=O)C(NC(=O)C(C(C)COC)N(C)C(=O)C(COC(C)(C)C)NC)C(C)C. The van der Waals surface area contributed by atoms with Crippen molar-refractivity contribution in [3.8, 4) is 0 Å². The third kappa shape index (κ3) is 29.8. The maximum atomic E-state index is 15.2. The van der Waals surface area contributed by atoms with E-state index in [9.17, 15) is 43.2 Å². The number of rotatable bonds is 43. The van der Waals surface area contributed by atoms with Gasteiger partial charge in [0.05, 0.1) is 25.4 Å². The minimum atomic E-state index is -1.25. The third-order valence-electron chi connectivity index (χ3n) is 17.8. The van der Waals surface area contributed by atoms with Crippen LogP contribution in [0.5, 0.6) is 0 Å². The topological polar surface area (TPSA) is 315 Å². The summed E-state index contributed by atoms with van der Waals surface area (Å²) in [6.07, 6.45) is 5.28. The van der Waals surface area contributed by atoms with Gasteiger partial charge in [-0.2, -0.15) is 0 Å². The zero-order valence-electron chi connectivity index (χ0n) is 65.9. The molecule has 570 valence electrons. The van der Waals surface area contributed by atoms with Gasteiger partial charge in [0.25, 0.3) is 0 Å². The van der Waals surface area contributed by atoms with Crippen molar-refractivity contribution in [3.05, 3.63) is 12.2 Å². The summed E-state index contributed by atoms with van der Waals surface area (Å²) in [4.78, 5) is 180. The van der Waals surface area contributed by atoms with Gasteiger partial charge in [-0.15, -0.1) is 0 Å². The molecule has 0 aliphatic heterocycles. The van der Waals surface area contributed by atoms with Crippen LogP contribution in [0.2, 0.25) is 0 Å². The lowest BCUT2D eigenvalue weighted by atomic mass is 9.93. The summed E-state index contributed by atoms with van der Waals surface area (Å²) in [5.41, 5.74) is -0.542. The second kappa shape index (κ2) is 43.8. The molecule has 13 unspecified atom stereocenters. The van der Waals surface area contributed by atoms with E-state index in [1.165, 1.54) is 104 Å². The maximum absolute atomic E-state index is 15.2. The van der Waals surface area contributed by atoms with Crippen molar-refractivity contribution in [3.63, 3.8) is 0 Å². The summed E-state index contributed by atoms with van der Waals surface area (Å²) in [6.45, 7) is 35.6. The number of carbonyl (C=O) groups excluding carboxylic acids is 12. The number of likely N-dealkylation sites (N-methyl/N-ethyl adjacent to an activating group) is 8. The lowest BCUT2D eigenvalue weighted by Crippen LogP contribution is -2.62. The van der Waals surface area contributed by atoms with Crippen LogP contribution in [-0.4, -0.2) is 267 Å². The first-order valence-corrected chi connectivity index (χ1v) is 35.3. The molecule has 0 spiro atoms. The fourth-order valence-corrected chi connectivity index (χ4v) is 11.6. The Bertz CT molecular complexity index is 2660.